The zero-order valence-electron chi connectivity index (χ0n) is 8.26. The van der Waals surface area contributed by atoms with Crippen LogP contribution in [0, 0.1) is 0 Å². The van der Waals surface area contributed by atoms with E-state index in [2.05, 4.69) is 6.58 Å². The molecule has 0 fully saturated rings. The predicted octanol–water partition coefficient (Wildman–Crippen LogP) is 2.23. The van der Waals surface area contributed by atoms with Gasteiger partial charge in [0.05, 0.1) is 5.57 Å². The van der Waals surface area contributed by atoms with Crippen LogP contribution in [0.5, 0.6) is 0 Å². The Bertz CT molecular complexity index is 209. The molecular formula is C10H16O2S. The molecule has 0 aliphatic carbocycles. The van der Waals surface area contributed by atoms with E-state index in [9.17, 15) is 9.59 Å². The fourth-order valence-electron chi connectivity index (χ4n) is 0.879. The molecule has 0 aromatic heterocycles. The van der Waals surface area contributed by atoms with Gasteiger partial charge in [0.1, 0.15) is 0 Å². The molecule has 0 rings (SSSR count). The van der Waals surface area contributed by atoms with Crippen LogP contribution in [-0.4, -0.2) is 23.6 Å². The molecule has 0 aliphatic heterocycles. The molecule has 0 N–H and O–H groups in total. The van der Waals surface area contributed by atoms with Gasteiger partial charge in [-0.2, -0.15) is 11.8 Å². The van der Waals surface area contributed by atoms with Gasteiger partial charge >= 0.3 is 0 Å². The van der Waals surface area contributed by atoms with Crippen molar-refractivity contribution in [3.8, 4) is 0 Å². The van der Waals surface area contributed by atoms with E-state index in [-0.39, 0.29) is 17.1 Å². The monoisotopic (exact) mass is 200 g/mol. The van der Waals surface area contributed by atoms with Crippen molar-refractivity contribution in [2.24, 2.45) is 0 Å². The average molecular weight is 200 g/mol. The lowest BCUT2D eigenvalue weighted by Crippen LogP contribution is -2.08. The minimum Gasteiger partial charge on any atom is -0.294 e. The SMILES string of the molecule is C=C(C(C)=O)C(=O)CCCCSC. The Labute approximate surface area is 83.8 Å². The average Bonchev–Trinajstić information content (AvgIpc) is 2.10. The molecule has 0 saturated heterocycles. The summed E-state index contributed by atoms with van der Waals surface area (Å²) >= 11 is 1.77. The molecule has 2 nitrogen and oxygen atoms in total. The van der Waals surface area contributed by atoms with Crippen LogP contribution in [-0.2, 0) is 9.59 Å². The minimum absolute atomic E-state index is 0.103. The summed E-state index contributed by atoms with van der Waals surface area (Å²) in [7, 11) is 0. The highest BCUT2D eigenvalue weighted by atomic mass is 32.2. The Balaban J connectivity index is 3.63. The number of allylic oxidation sites excluding steroid dienone is 1. The Kier molecular flexibility index (Phi) is 6.59. The second-order valence-corrected chi connectivity index (χ2v) is 3.89. The van der Waals surface area contributed by atoms with E-state index in [1.54, 1.807) is 11.8 Å². The van der Waals surface area contributed by atoms with Gasteiger partial charge in [-0.25, -0.2) is 0 Å². The van der Waals surface area contributed by atoms with Crippen molar-refractivity contribution in [3.63, 3.8) is 0 Å². The van der Waals surface area contributed by atoms with Crippen LogP contribution in [0.25, 0.3) is 0 Å². The predicted molar refractivity (Wildman–Crippen MR) is 57.1 cm³/mol. The molecule has 74 valence electrons. The van der Waals surface area contributed by atoms with Crippen molar-refractivity contribution in [1.82, 2.24) is 0 Å². The van der Waals surface area contributed by atoms with Crippen LogP contribution in [0.3, 0.4) is 0 Å². The van der Waals surface area contributed by atoms with Gasteiger partial charge in [0.2, 0.25) is 0 Å². The Morgan fingerprint density at radius 3 is 2.38 bits per heavy atom. The summed E-state index contributed by atoms with van der Waals surface area (Å²) in [5.41, 5.74) is 0.143. The molecule has 0 spiro atoms. The summed E-state index contributed by atoms with van der Waals surface area (Å²) in [5.74, 6) is 0.753. The van der Waals surface area contributed by atoms with Gasteiger partial charge in [-0.15, -0.1) is 0 Å². The van der Waals surface area contributed by atoms with E-state index < -0.39 is 0 Å². The summed E-state index contributed by atoms with van der Waals surface area (Å²) in [6.45, 7) is 4.83. The number of unbranched alkanes of at least 4 members (excludes halogenated alkanes) is 1. The maximum atomic E-state index is 11.2. The molecule has 0 atom stereocenters. The second kappa shape index (κ2) is 6.89. The van der Waals surface area contributed by atoms with Gasteiger partial charge in [0.15, 0.2) is 11.6 Å². The standard InChI is InChI=1S/C10H16O2S/c1-8(9(2)11)10(12)6-4-5-7-13-3/h1,4-7H2,2-3H3. The topological polar surface area (TPSA) is 34.1 Å². The molecule has 0 aromatic rings. The molecular weight excluding hydrogens is 184 g/mol. The summed E-state index contributed by atoms with van der Waals surface area (Å²) in [6, 6.07) is 0. The fraction of sp³-hybridized carbons (Fsp3) is 0.600. The van der Waals surface area contributed by atoms with Crippen LogP contribution < -0.4 is 0 Å². The van der Waals surface area contributed by atoms with Gasteiger partial charge in [-0.3, -0.25) is 9.59 Å². The van der Waals surface area contributed by atoms with E-state index in [4.69, 9.17) is 0 Å². The maximum absolute atomic E-state index is 11.2. The number of rotatable bonds is 7. The maximum Gasteiger partial charge on any atom is 0.165 e. The van der Waals surface area contributed by atoms with E-state index in [0.29, 0.717) is 6.42 Å². The zero-order valence-corrected chi connectivity index (χ0v) is 9.08. The van der Waals surface area contributed by atoms with Crippen LogP contribution in [0.1, 0.15) is 26.2 Å². The minimum atomic E-state index is -0.213. The van der Waals surface area contributed by atoms with Crippen LogP contribution in [0.4, 0.5) is 0 Å². The third-order valence-corrected chi connectivity index (χ3v) is 2.46. The summed E-state index contributed by atoms with van der Waals surface area (Å²) in [5, 5.41) is 0. The smallest absolute Gasteiger partial charge is 0.165 e. The number of thioether (sulfide) groups is 1. The quantitative estimate of drug-likeness (QED) is 0.273. The third kappa shape index (κ3) is 5.64. The van der Waals surface area contributed by atoms with Crippen molar-refractivity contribution in [2.75, 3.05) is 12.0 Å². The first-order valence-corrected chi connectivity index (χ1v) is 5.71. The highest BCUT2D eigenvalue weighted by molar-refractivity contribution is 7.98. The number of Topliss-reactive ketones (excluding diaryl/α,β-unsaturated/α-hetero) is 2. The summed E-state index contributed by atoms with van der Waals surface area (Å²) < 4.78 is 0. The van der Waals surface area contributed by atoms with E-state index in [1.807, 2.05) is 6.26 Å². The number of ketones is 2. The summed E-state index contributed by atoms with van der Waals surface area (Å²) in [4.78, 5) is 22.0. The molecule has 3 heteroatoms. The molecule has 0 unspecified atom stereocenters. The lowest BCUT2D eigenvalue weighted by molar-refractivity contribution is -0.120. The third-order valence-electron chi connectivity index (χ3n) is 1.76. The first kappa shape index (κ1) is 12.4. The highest BCUT2D eigenvalue weighted by Gasteiger charge is 2.10. The van der Waals surface area contributed by atoms with Crippen molar-refractivity contribution < 1.29 is 9.59 Å². The molecule has 0 aliphatic rings. The number of hydrogen-bond donors (Lipinski definition) is 0. The van der Waals surface area contributed by atoms with Crippen molar-refractivity contribution in [3.05, 3.63) is 12.2 Å². The van der Waals surface area contributed by atoms with Crippen molar-refractivity contribution in [1.29, 1.82) is 0 Å². The van der Waals surface area contributed by atoms with Crippen molar-refractivity contribution in [2.45, 2.75) is 26.2 Å². The van der Waals surface area contributed by atoms with E-state index in [0.717, 1.165) is 18.6 Å². The molecule has 0 aromatic carbocycles. The molecule has 0 bridgehead atoms. The van der Waals surface area contributed by atoms with Crippen molar-refractivity contribution >= 4 is 23.3 Å². The summed E-state index contributed by atoms with van der Waals surface area (Å²) in [6.07, 6.45) is 4.37. The Morgan fingerprint density at radius 1 is 1.31 bits per heavy atom. The van der Waals surface area contributed by atoms with Crippen LogP contribution in [0.15, 0.2) is 12.2 Å². The van der Waals surface area contributed by atoms with Crippen LogP contribution >= 0.6 is 11.8 Å². The van der Waals surface area contributed by atoms with Gasteiger partial charge in [0, 0.05) is 6.42 Å². The molecule has 0 saturated carbocycles. The Morgan fingerprint density at radius 2 is 1.92 bits per heavy atom. The Hall–Kier alpha value is -0.570. The normalized spacial score (nSPS) is 9.69. The van der Waals surface area contributed by atoms with Gasteiger partial charge in [0.25, 0.3) is 0 Å². The second-order valence-electron chi connectivity index (χ2n) is 2.91. The van der Waals surface area contributed by atoms with Gasteiger partial charge < -0.3 is 0 Å². The highest BCUT2D eigenvalue weighted by Crippen LogP contribution is 2.06. The molecule has 13 heavy (non-hydrogen) atoms. The molecule has 0 heterocycles. The first-order chi connectivity index (χ1) is 6.09. The first-order valence-electron chi connectivity index (χ1n) is 4.31. The number of hydrogen-bond acceptors (Lipinski definition) is 3. The zero-order chi connectivity index (χ0) is 10.3. The van der Waals surface area contributed by atoms with Gasteiger partial charge in [-0.05, 0) is 31.8 Å². The van der Waals surface area contributed by atoms with E-state index in [1.165, 1.54) is 6.92 Å². The lowest BCUT2D eigenvalue weighted by Gasteiger charge is -2.00. The van der Waals surface area contributed by atoms with Crippen LogP contribution in [0.2, 0.25) is 0 Å². The molecule has 0 amide bonds. The number of carbonyl (C=O) groups excluding carboxylic acids is 2. The van der Waals surface area contributed by atoms with Gasteiger partial charge in [-0.1, -0.05) is 6.58 Å². The lowest BCUT2D eigenvalue weighted by atomic mass is 10.1. The molecule has 0 radical (unpaired) electrons. The fourth-order valence-corrected chi connectivity index (χ4v) is 1.37. The van der Waals surface area contributed by atoms with E-state index >= 15 is 0 Å². The number of carbonyl (C=O) groups is 2. The largest absolute Gasteiger partial charge is 0.294 e.